The summed E-state index contributed by atoms with van der Waals surface area (Å²) in [7, 11) is 0. The van der Waals surface area contributed by atoms with Gasteiger partial charge in [0.2, 0.25) is 5.91 Å². The van der Waals surface area contributed by atoms with Gasteiger partial charge in [-0.15, -0.1) is 0 Å². The summed E-state index contributed by atoms with van der Waals surface area (Å²) < 4.78 is 5.77. The maximum absolute atomic E-state index is 13.0. The minimum atomic E-state index is -0.927. The molecule has 1 aliphatic rings. The van der Waals surface area contributed by atoms with Crippen LogP contribution in [-0.2, 0) is 14.3 Å². The molecule has 5 nitrogen and oxygen atoms in total. The van der Waals surface area contributed by atoms with Gasteiger partial charge in [-0.05, 0) is 34.7 Å². The highest BCUT2D eigenvalue weighted by Gasteiger charge is 2.40. The van der Waals surface area contributed by atoms with Gasteiger partial charge >= 0.3 is 5.97 Å². The molecule has 6 heteroatoms. The van der Waals surface area contributed by atoms with Crippen molar-refractivity contribution >= 4 is 23.2 Å². The fraction of sp³-hybridized carbons (Fsp3) is 0.647. The highest BCUT2D eigenvalue weighted by atomic mass is 32.1. The van der Waals surface area contributed by atoms with Crippen LogP contribution in [0.3, 0.4) is 0 Å². The van der Waals surface area contributed by atoms with Crippen molar-refractivity contribution in [2.45, 2.75) is 39.7 Å². The van der Waals surface area contributed by atoms with Crippen molar-refractivity contribution in [1.29, 1.82) is 0 Å². The lowest BCUT2D eigenvalue weighted by Gasteiger charge is -2.39. The van der Waals surface area contributed by atoms with Crippen molar-refractivity contribution in [3.05, 3.63) is 22.4 Å². The van der Waals surface area contributed by atoms with Crippen LogP contribution < -0.4 is 0 Å². The smallest absolute Gasteiger partial charge is 0.304 e. The molecule has 1 fully saturated rings. The quantitative estimate of drug-likeness (QED) is 0.864. The van der Waals surface area contributed by atoms with Gasteiger partial charge in [0.05, 0.1) is 25.0 Å². The van der Waals surface area contributed by atoms with Gasteiger partial charge in [0, 0.05) is 6.54 Å². The topological polar surface area (TPSA) is 66.8 Å². The number of morpholine rings is 1. The zero-order valence-corrected chi connectivity index (χ0v) is 14.8. The minimum Gasteiger partial charge on any atom is -0.481 e. The number of carbonyl (C=O) groups excluding carboxylic acids is 1. The van der Waals surface area contributed by atoms with Gasteiger partial charge in [0.25, 0.3) is 0 Å². The lowest BCUT2D eigenvalue weighted by molar-refractivity contribution is -0.156. The molecule has 1 N–H and O–H groups in total. The van der Waals surface area contributed by atoms with Crippen molar-refractivity contribution in [2.75, 3.05) is 19.7 Å². The van der Waals surface area contributed by atoms with Crippen LogP contribution in [0, 0.1) is 11.3 Å². The average Bonchev–Trinajstić information content (AvgIpc) is 2.99. The van der Waals surface area contributed by atoms with E-state index in [1.165, 1.54) is 0 Å². The first kappa shape index (κ1) is 17.9. The van der Waals surface area contributed by atoms with E-state index in [-0.39, 0.29) is 24.3 Å². The second-order valence-corrected chi connectivity index (χ2v) is 7.68. The number of hydrogen-bond donors (Lipinski definition) is 1. The van der Waals surface area contributed by atoms with Crippen LogP contribution in [0.1, 0.15) is 45.3 Å². The molecule has 0 radical (unpaired) electrons. The first-order chi connectivity index (χ1) is 10.8. The van der Waals surface area contributed by atoms with Crippen molar-refractivity contribution in [3.8, 4) is 0 Å². The molecule has 128 valence electrons. The van der Waals surface area contributed by atoms with Crippen molar-refractivity contribution in [2.24, 2.45) is 11.3 Å². The van der Waals surface area contributed by atoms with Gasteiger partial charge in [-0.2, -0.15) is 11.3 Å². The van der Waals surface area contributed by atoms with E-state index >= 15 is 0 Å². The van der Waals surface area contributed by atoms with Crippen LogP contribution in [0.25, 0.3) is 0 Å². The molecule has 23 heavy (non-hydrogen) atoms. The van der Waals surface area contributed by atoms with Gasteiger partial charge in [0.15, 0.2) is 0 Å². The number of carboxylic acid groups (broad SMARTS) is 1. The molecule has 1 aromatic heterocycles. The molecule has 1 aliphatic heterocycles. The number of hydrogen-bond acceptors (Lipinski definition) is 4. The molecule has 2 unspecified atom stereocenters. The molecule has 0 aromatic carbocycles. The van der Waals surface area contributed by atoms with Gasteiger partial charge in [-0.1, -0.05) is 20.8 Å². The molecular formula is C17H25NO4S. The maximum Gasteiger partial charge on any atom is 0.304 e. The molecule has 0 saturated carbocycles. The van der Waals surface area contributed by atoms with Crippen LogP contribution in [0.5, 0.6) is 0 Å². The summed E-state index contributed by atoms with van der Waals surface area (Å²) in [5.41, 5.74) is 0.215. The summed E-state index contributed by atoms with van der Waals surface area (Å²) in [4.78, 5) is 26.0. The number of carboxylic acids is 1. The largest absolute Gasteiger partial charge is 0.481 e. The Morgan fingerprint density at radius 3 is 2.83 bits per heavy atom. The first-order valence-electron chi connectivity index (χ1n) is 7.96. The number of aliphatic carboxylic acids is 1. The van der Waals surface area contributed by atoms with Gasteiger partial charge in [-0.3, -0.25) is 9.59 Å². The first-order valence-corrected chi connectivity index (χ1v) is 8.91. The second kappa shape index (κ2) is 7.45. The van der Waals surface area contributed by atoms with Gasteiger partial charge < -0.3 is 14.7 Å². The standard InChI is InChI=1S/C17H25NO4S/c1-12(2)8-17(3,9-15(19)20)16(21)18-5-6-22-14(10-18)13-4-7-23-11-13/h4,7,11-12,14H,5-6,8-10H2,1-3H3,(H,19,20). The van der Waals surface area contributed by atoms with Crippen LogP contribution >= 0.6 is 11.3 Å². The SMILES string of the molecule is CC(C)CC(C)(CC(=O)O)C(=O)N1CCOC(c2ccsc2)C1. The lowest BCUT2D eigenvalue weighted by Crippen LogP contribution is -2.49. The van der Waals surface area contributed by atoms with Gasteiger partial charge in [0.1, 0.15) is 6.10 Å². The van der Waals surface area contributed by atoms with E-state index in [0.29, 0.717) is 26.1 Å². The molecule has 0 spiro atoms. The van der Waals surface area contributed by atoms with E-state index in [2.05, 4.69) is 0 Å². The highest BCUT2D eigenvalue weighted by molar-refractivity contribution is 7.07. The molecule has 2 rings (SSSR count). The van der Waals surface area contributed by atoms with Crippen LogP contribution in [0.15, 0.2) is 16.8 Å². The number of carbonyl (C=O) groups is 2. The molecule has 1 amide bonds. The summed E-state index contributed by atoms with van der Waals surface area (Å²) in [5.74, 6) is -0.738. The number of ether oxygens (including phenoxy) is 1. The Morgan fingerprint density at radius 1 is 1.52 bits per heavy atom. The third-order valence-electron chi connectivity index (χ3n) is 4.19. The highest BCUT2D eigenvalue weighted by Crippen LogP contribution is 2.34. The fourth-order valence-electron chi connectivity index (χ4n) is 3.35. The van der Waals surface area contributed by atoms with Gasteiger partial charge in [-0.25, -0.2) is 0 Å². The summed E-state index contributed by atoms with van der Waals surface area (Å²) in [6, 6.07) is 2.01. The fourth-order valence-corrected chi connectivity index (χ4v) is 4.05. The summed E-state index contributed by atoms with van der Waals surface area (Å²) >= 11 is 1.60. The predicted octanol–water partition coefficient (Wildman–Crippen LogP) is 3.18. The van der Waals surface area contributed by atoms with Crippen LogP contribution in [-0.4, -0.2) is 41.6 Å². The zero-order chi connectivity index (χ0) is 17.0. The molecule has 1 saturated heterocycles. The van der Waals surface area contributed by atoms with Crippen molar-refractivity contribution < 1.29 is 19.4 Å². The Balaban J connectivity index is 2.13. The maximum atomic E-state index is 13.0. The molecule has 0 bridgehead atoms. The predicted molar refractivity (Wildman–Crippen MR) is 89.4 cm³/mol. The van der Waals surface area contributed by atoms with E-state index in [1.807, 2.05) is 30.7 Å². The molecule has 2 atom stereocenters. The Kier molecular flexibility index (Phi) is 5.81. The van der Waals surface area contributed by atoms with E-state index < -0.39 is 11.4 Å². The van der Waals surface area contributed by atoms with Crippen molar-refractivity contribution in [3.63, 3.8) is 0 Å². The molecular weight excluding hydrogens is 314 g/mol. The Labute approximate surface area is 141 Å². The number of rotatable bonds is 6. The molecule has 2 heterocycles. The lowest BCUT2D eigenvalue weighted by atomic mass is 9.77. The second-order valence-electron chi connectivity index (χ2n) is 6.90. The van der Waals surface area contributed by atoms with E-state index in [0.717, 1.165) is 5.56 Å². The monoisotopic (exact) mass is 339 g/mol. The number of amides is 1. The molecule has 1 aromatic rings. The minimum absolute atomic E-state index is 0.0721. The third-order valence-corrected chi connectivity index (χ3v) is 4.89. The zero-order valence-electron chi connectivity index (χ0n) is 13.9. The third kappa shape index (κ3) is 4.54. The summed E-state index contributed by atoms with van der Waals surface area (Å²) in [5, 5.41) is 13.2. The van der Waals surface area contributed by atoms with Crippen molar-refractivity contribution in [1.82, 2.24) is 4.90 Å². The average molecular weight is 339 g/mol. The molecule has 0 aliphatic carbocycles. The van der Waals surface area contributed by atoms with E-state index in [9.17, 15) is 14.7 Å². The number of nitrogens with zero attached hydrogens (tertiary/aromatic N) is 1. The van der Waals surface area contributed by atoms with Crippen LogP contribution in [0.2, 0.25) is 0 Å². The Bertz CT molecular complexity index is 543. The van der Waals surface area contributed by atoms with E-state index in [1.54, 1.807) is 23.2 Å². The number of thiophene rings is 1. The summed E-state index contributed by atoms with van der Waals surface area (Å²) in [6.07, 6.45) is 0.315. The summed E-state index contributed by atoms with van der Waals surface area (Å²) in [6.45, 7) is 7.30. The Morgan fingerprint density at radius 2 is 2.26 bits per heavy atom. The van der Waals surface area contributed by atoms with Crippen LogP contribution in [0.4, 0.5) is 0 Å². The normalized spacial score (nSPS) is 21.2. The van der Waals surface area contributed by atoms with E-state index in [4.69, 9.17) is 4.74 Å². The Hall–Kier alpha value is -1.40.